The predicted octanol–water partition coefficient (Wildman–Crippen LogP) is 7.90. The molecule has 1 nitrogen and oxygen atoms in total. The van der Waals surface area contributed by atoms with Crippen LogP contribution in [0.4, 0.5) is 35.1 Å². The second-order valence-corrected chi connectivity index (χ2v) is 7.14. The zero-order valence-corrected chi connectivity index (χ0v) is 16.6. The van der Waals surface area contributed by atoms with Gasteiger partial charge < -0.3 is 4.74 Å². The van der Waals surface area contributed by atoms with Gasteiger partial charge in [-0.15, -0.1) is 0 Å². The highest BCUT2D eigenvalue weighted by Gasteiger charge is 2.38. The lowest BCUT2D eigenvalue weighted by atomic mass is 9.96. The SMILES string of the molecule is COc1cc(F)c(-c2ccc(-c3ccc4c(F)c(C(F)(F)F)c(F)cc4c3)c(F)c2)c(F)c1. The Hall–Kier alpha value is -3.62. The molecule has 0 radical (unpaired) electrons. The summed E-state index contributed by atoms with van der Waals surface area (Å²) in [5.41, 5.74) is -2.59. The Balaban J connectivity index is 1.80. The maximum atomic E-state index is 14.8. The summed E-state index contributed by atoms with van der Waals surface area (Å²) in [6, 6.07) is 8.96. The van der Waals surface area contributed by atoms with Gasteiger partial charge in [0.2, 0.25) is 0 Å². The molecule has 0 N–H and O–H groups in total. The van der Waals surface area contributed by atoms with Gasteiger partial charge in [-0.3, -0.25) is 0 Å². The van der Waals surface area contributed by atoms with Crippen LogP contribution in [-0.4, -0.2) is 7.11 Å². The van der Waals surface area contributed by atoms with Crippen molar-refractivity contribution >= 4 is 10.8 Å². The van der Waals surface area contributed by atoms with Gasteiger partial charge in [-0.2, -0.15) is 13.2 Å². The van der Waals surface area contributed by atoms with Crippen molar-refractivity contribution in [3.8, 4) is 28.0 Å². The Morgan fingerprint density at radius 2 is 1.30 bits per heavy atom. The van der Waals surface area contributed by atoms with Crippen LogP contribution in [0, 0.1) is 29.1 Å². The van der Waals surface area contributed by atoms with Crippen molar-refractivity contribution in [3.63, 3.8) is 0 Å². The first-order valence-electron chi connectivity index (χ1n) is 9.33. The van der Waals surface area contributed by atoms with Crippen LogP contribution in [0.1, 0.15) is 5.56 Å². The Bertz CT molecular complexity index is 1370. The van der Waals surface area contributed by atoms with Crippen molar-refractivity contribution in [2.45, 2.75) is 6.18 Å². The maximum absolute atomic E-state index is 14.8. The van der Waals surface area contributed by atoms with E-state index in [0.29, 0.717) is 6.07 Å². The fraction of sp³-hybridized carbons (Fsp3) is 0.0833. The van der Waals surface area contributed by atoms with Crippen LogP contribution < -0.4 is 4.74 Å². The molecule has 4 rings (SSSR count). The summed E-state index contributed by atoms with van der Waals surface area (Å²) in [6.45, 7) is 0. The molecule has 0 aliphatic heterocycles. The van der Waals surface area contributed by atoms with Crippen LogP contribution in [0.5, 0.6) is 5.75 Å². The molecule has 170 valence electrons. The van der Waals surface area contributed by atoms with E-state index in [9.17, 15) is 35.1 Å². The number of benzene rings is 4. The lowest BCUT2D eigenvalue weighted by molar-refractivity contribution is -0.142. The number of ether oxygens (including phenoxy) is 1. The van der Waals surface area contributed by atoms with E-state index < -0.39 is 51.8 Å². The largest absolute Gasteiger partial charge is 0.497 e. The molecule has 9 heteroatoms. The molecular weight excluding hydrogens is 456 g/mol. The lowest BCUT2D eigenvalue weighted by Crippen LogP contribution is -2.11. The van der Waals surface area contributed by atoms with Gasteiger partial charge in [0.15, 0.2) is 0 Å². The minimum absolute atomic E-state index is 0.0600. The molecule has 0 fully saturated rings. The molecule has 0 amide bonds. The maximum Gasteiger partial charge on any atom is 0.422 e. The van der Waals surface area contributed by atoms with Gasteiger partial charge in [0, 0.05) is 23.1 Å². The van der Waals surface area contributed by atoms with Crippen molar-refractivity contribution in [2.24, 2.45) is 0 Å². The minimum Gasteiger partial charge on any atom is -0.497 e. The third kappa shape index (κ3) is 3.99. The minimum atomic E-state index is -5.23. The predicted molar refractivity (Wildman–Crippen MR) is 106 cm³/mol. The third-order valence-corrected chi connectivity index (χ3v) is 5.13. The second kappa shape index (κ2) is 8.06. The summed E-state index contributed by atoms with van der Waals surface area (Å²) in [7, 11) is 1.23. The Kier molecular flexibility index (Phi) is 5.51. The first kappa shape index (κ1) is 22.6. The summed E-state index contributed by atoms with van der Waals surface area (Å²) in [5.74, 6) is -6.49. The van der Waals surface area contributed by atoms with E-state index in [-0.39, 0.29) is 27.8 Å². The molecule has 33 heavy (non-hydrogen) atoms. The standard InChI is InChI=1S/C24H12F8O/c1-33-14-9-18(26)21(19(27)10-14)12-3-4-15(17(25)7-12)11-2-5-16-13(6-11)8-20(28)22(23(16)29)24(30,31)32/h2-10H,1H3. The number of halogens is 8. The second-order valence-electron chi connectivity index (χ2n) is 7.14. The molecule has 0 aliphatic rings. The molecule has 4 aromatic rings. The van der Waals surface area contributed by atoms with Gasteiger partial charge in [-0.1, -0.05) is 24.3 Å². The van der Waals surface area contributed by atoms with Gasteiger partial charge in [-0.05, 0) is 34.7 Å². The van der Waals surface area contributed by atoms with Crippen LogP contribution in [-0.2, 0) is 6.18 Å². The van der Waals surface area contributed by atoms with Gasteiger partial charge in [0.1, 0.15) is 40.4 Å². The van der Waals surface area contributed by atoms with E-state index >= 15 is 0 Å². The molecule has 0 heterocycles. The Morgan fingerprint density at radius 3 is 1.88 bits per heavy atom. The van der Waals surface area contributed by atoms with Crippen molar-refractivity contribution in [1.29, 1.82) is 0 Å². The first-order chi connectivity index (χ1) is 15.5. The Morgan fingerprint density at radius 1 is 0.667 bits per heavy atom. The van der Waals surface area contributed by atoms with Crippen molar-refractivity contribution in [1.82, 2.24) is 0 Å². The van der Waals surface area contributed by atoms with Gasteiger partial charge in [0.25, 0.3) is 0 Å². The van der Waals surface area contributed by atoms with E-state index in [1.807, 2.05) is 0 Å². The molecule has 0 bridgehead atoms. The molecule has 4 aromatic carbocycles. The average molecular weight is 468 g/mol. The number of alkyl halides is 3. The van der Waals surface area contributed by atoms with Gasteiger partial charge in [0.05, 0.1) is 12.7 Å². The third-order valence-electron chi connectivity index (χ3n) is 5.13. The van der Waals surface area contributed by atoms with E-state index in [4.69, 9.17) is 4.74 Å². The first-order valence-corrected chi connectivity index (χ1v) is 9.33. The normalized spacial score (nSPS) is 11.8. The van der Waals surface area contributed by atoms with E-state index in [1.165, 1.54) is 19.2 Å². The molecule has 0 unspecified atom stereocenters. The highest BCUT2D eigenvalue weighted by atomic mass is 19.4. The highest BCUT2D eigenvalue weighted by Crippen LogP contribution is 2.38. The van der Waals surface area contributed by atoms with Crippen LogP contribution in [0.3, 0.4) is 0 Å². The Labute approximate surface area is 181 Å². The quantitative estimate of drug-likeness (QED) is 0.278. The number of hydrogen-bond donors (Lipinski definition) is 0. The monoisotopic (exact) mass is 468 g/mol. The summed E-state index contributed by atoms with van der Waals surface area (Å²) >= 11 is 0. The lowest BCUT2D eigenvalue weighted by Gasteiger charge is -2.13. The van der Waals surface area contributed by atoms with Crippen molar-refractivity contribution in [3.05, 3.63) is 89.2 Å². The zero-order valence-electron chi connectivity index (χ0n) is 16.6. The fourth-order valence-electron chi connectivity index (χ4n) is 3.61. The molecule has 0 saturated heterocycles. The van der Waals surface area contributed by atoms with E-state index in [0.717, 1.165) is 36.4 Å². The molecule has 0 aromatic heterocycles. The summed E-state index contributed by atoms with van der Waals surface area (Å²) in [4.78, 5) is 0. The summed E-state index contributed by atoms with van der Waals surface area (Å²) in [6.07, 6.45) is -5.23. The van der Waals surface area contributed by atoms with Crippen molar-refractivity contribution in [2.75, 3.05) is 7.11 Å². The number of hydrogen-bond acceptors (Lipinski definition) is 1. The number of fused-ring (bicyclic) bond motifs is 1. The van der Waals surface area contributed by atoms with Crippen LogP contribution in [0.25, 0.3) is 33.0 Å². The number of methoxy groups -OCH3 is 1. The van der Waals surface area contributed by atoms with Crippen molar-refractivity contribution < 1.29 is 39.9 Å². The van der Waals surface area contributed by atoms with Gasteiger partial charge in [-0.25, -0.2) is 22.0 Å². The van der Waals surface area contributed by atoms with Gasteiger partial charge >= 0.3 is 6.18 Å². The van der Waals surface area contributed by atoms with E-state index in [2.05, 4.69) is 0 Å². The average Bonchev–Trinajstić information content (AvgIpc) is 2.71. The smallest absolute Gasteiger partial charge is 0.422 e. The molecule has 0 aliphatic carbocycles. The summed E-state index contributed by atoms with van der Waals surface area (Å²) < 4.78 is 115. The molecule has 0 atom stereocenters. The highest BCUT2D eigenvalue weighted by molar-refractivity contribution is 5.89. The van der Waals surface area contributed by atoms with Crippen LogP contribution >= 0.6 is 0 Å². The number of rotatable bonds is 3. The topological polar surface area (TPSA) is 9.23 Å². The molecule has 0 spiro atoms. The molecular formula is C24H12F8O. The fourth-order valence-corrected chi connectivity index (χ4v) is 3.61. The van der Waals surface area contributed by atoms with E-state index in [1.54, 1.807) is 0 Å². The molecule has 0 saturated carbocycles. The van der Waals surface area contributed by atoms with Crippen LogP contribution in [0.15, 0.2) is 54.6 Å². The zero-order chi connectivity index (χ0) is 24.1. The summed E-state index contributed by atoms with van der Waals surface area (Å²) in [5, 5.41) is -0.710. The van der Waals surface area contributed by atoms with Crippen LogP contribution in [0.2, 0.25) is 0 Å².